The summed E-state index contributed by atoms with van der Waals surface area (Å²) in [5, 5.41) is 4.99. The Hall–Kier alpha value is -3.16. The van der Waals surface area contributed by atoms with Crippen LogP contribution in [-0.4, -0.2) is 64.8 Å². The van der Waals surface area contributed by atoms with Gasteiger partial charge in [0.1, 0.15) is 12.4 Å². The molecule has 1 fully saturated rings. The number of carbonyl (C=O) groups is 1. The van der Waals surface area contributed by atoms with Gasteiger partial charge in [-0.2, -0.15) is 5.10 Å². The number of hydrogen-bond acceptors (Lipinski definition) is 5. The van der Waals surface area contributed by atoms with Gasteiger partial charge in [0, 0.05) is 44.5 Å². The van der Waals surface area contributed by atoms with Crippen molar-refractivity contribution in [2.75, 3.05) is 39.3 Å². The minimum absolute atomic E-state index is 0.0463. The molecule has 0 N–H and O–H groups in total. The monoisotopic (exact) mass is 452 g/mol. The van der Waals surface area contributed by atoms with Gasteiger partial charge in [0.2, 0.25) is 5.43 Å². The van der Waals surface area contributed by atoms with Crippen molar-refractivity contribution in [2.45, 2.75) is 6.92 Å². The van der Waals surface area contributed by atoms with Crippen LogP contribution in [-0.2, 0) is 0 Å². The lowest BCUT2D eigenvalue weighted by Gasteiger charge is -2.34. The van der Waals surface area contributed by atoms with Crippen molar-refractivity contribution in [1.82, 2.24) is 19.6 Å². The predicted octanol–water partition coefficient (Wildman–Crippen LogP) is 3.03. The van der Waals surface area contributed by atoms with Gasteiger partial charge in [-0.05, 0) is 31.2 Å². The van der Waals surface area contributed by atoms with Crippen LogP contribution in [0.15, 0.2) is 65.5 Å². The van der Waals surface area contributed by atoms with Gasteiger partial charge in [-0.15, -0.1) is 0 Å². The summed E-state index contributed by atoms with van der Waals surface area (Å²) in [7, 11) is 0. The Bertz CT molecular complexity index is 1140. The first-order valence-electron chi connectivity index (χ1n) is 10.6. The fourth-order valence-electron chi connectivity index (χ4n) is 3.70. The van der Waals surface area contributed by atoms with E-state index in [1.807, 2.05) is 48.5 Å². The second-order valence-electron chi connectivity index (χ2n) is 7.66. The van der Waals surface area contributed by atoms with E-state index in [0.29, 0.717) is 49.3 Å². The first-order chi connectivity index (χ1) is 15.5. The highest BCUT2D eigenvalue weighted by Gasteiger charge is 2.25. The number of ether oxygens (including phenoxy) is 1. The molecule has 32 heavy (non-hydrogen) atoms. The van der Waals surface area contributed by atoms with Gasteiger partial charge in [0.05, 0.1) is 10.7 Å². The van der Waals surface area contributed by atoms with E-state index in [0.717, 1.165) is 12.2 Å². The number of aryl methyl sites for hydroxylation is 1. The fourth-order valence-corrected chi connectivity index (χ4v) is 3.89. The molecule has 2 heterocycles. The van der Waals surface area contributed by atoms with Crippen molar-refractivity contribution in [3.05, 3.63) is 87.3 Å². The standard InChI is InChI=1S/C24H25ClN4O3/c1-18-17-21(30)23(26-29(18)19-7-3-2-4-8-19)24(31)28-13-11-27(12-14-28)15-16-32-22-10-6-5-9-20(22)25/h2-10,17H,11-16H2,1H3. The molecular formula is C24H25ClN4O3. The minimum Gasteiger partial charge on any atom is -0.491 e. The lowest BCUT2D eigenvalue weighted by molar-refractivity contribution is 0.0611. The molecule has 0 saturated carbocycles. The van der Waals surface area contributed by atoms with Gasteiger partial charge < -0.3 is 9.64 Å². The molecule has 166 valence electrons. The van der Waals surface area contributed by atoms with Crippen LogP contribution in [0.3, 0.4) is 0 Å². The third kappa shape index (κ3) is 5.00. The Morgan fingerprint density at radius 1 is 1.03 bits per heavy atom. The van der Waals surface area contributed by atoms with Crippen LogP contribution in [0.25, 0.3) is 5.69 Å². The molecule has 4 rings (SSSR count). The van der Waals surface area contributed by atoms with Crippen LogP contribution in [0.5, 0.6) is 5.75 Å². The van der Waals surface area contributed by atoms with Gasteiger partial charge in [-0.1, -0.05) is 41.9 Å². The van der Waals surface area contributed by atoms with E-state index in [-0.39, 0.29) is 17.0 Å². The molecule has 1 aliphatic rings. The van der Waals surface area contributed by atoms with Crippen molar-refractivity contribution in [3.8, 4) is 11.4 Å². The molecular weight excluding hydrogens is 428 g/mol. The summed E-state index contributed by atoms with van der Waals surface area (Å²) in [4.78, 5) is 29.5. The number of rotatable bonds is 6. The number of nitrogens with zero attached hydrogens (tertiary/aromatic N) is 4. The van der Waals surface area contributed by atoms with Crippen molar-refractivity contribution in [3.63, 3.8) is 0 Å². The quantitative estimate of drug-likeness (QED) is 0.575. The first kappa shape index (κ1) is 22.0. The third-order valence-corrected chi connectivity index (χ3v) is 5.78. The van der Waals surface area contributed by atoms with E-state index in [4.69, 9.17) is 16.3 Å². The minimum atomic E-state index is -0.352. The summed E-state index contributed by atoms with van der Waals surface area (Å²) < 4.78 is 7.39. The molecule has 0 unspecified atom stereocenters. The third-order valence-electron chi connectivity index (χ3n) is 5.47. The summed E-state index contributed by atoms with van der Waals surface area (Å²) in [6.07, 6.45) is 0. The van der Waals surface area contributed by atoms with Gasteiger partial charge >= 0.3 is 0 Å². The Morgan fingerprint density at radius 2 is 1.72 bits per heavy atom. The Kier molecular flexibility index (Phi) is 6.87. The van der Waals surface area contributed by atoms with Gasteiger partial charge in [-0.25, -0.2) is 4.68 Å². The SMILES string of the molecule is Cc1cc(=O)c(C(=O)N2CCN(CCOc3ccccc3Cl)CC2)nn1-c1ccccc1. The highest BCUT2D eigenvalue weighted by atomic mass is 35.5. The number of para-hydroxylation sites is 2. The predicted molar refractivity (Wildman–Crippen MR) is 124 cm³/mol. The van der Waals surface area contributed by atoms with Crippen molar-refractivity contribution in [1.29, 1.82) is 0 Å². The maximum absolute atomic E-state index is 13.1. The summed E-state index contributed by atoms with van der Waals surface area (Å²) in [5.74, 6) is 0.342. The molecule has 8 heteroatoms. The summed E-state index contributed by atoms with van der Waals surface area (Å²) in [6.45, 7) is 5.53. The summed E-state index contributed by atoms with van der Waals surface area (Å²) >= 11 is 6.11. The number of piperazine rings is 1. The lowest BCUT2D eigenvalue weighted by atomic mass is 10.2. The molecule has 7 nitrogen and oxygen atoms in total. The topological polar surface area (TPSA) is 67.7 Å². The molecule has 0 radical (unpaired) electrons. The zero-order chi connectivity index (χ0) is 22.5. The summed E-state index contributed by atoms with van der Waals surface area (Å²) in [6, 6.07) is 18.3. The highest BCUT2D eigenvalue weighted by molar-refractivity contribution is 6.32. The van der Waals surface area contributed by atoms with Gasteiger partial charge in [-0.3, -0.25) is 14.5 Å². The zero-order valence-corrected chi connectivity index (χ0v) is 18.7. The molecule has 1 saturated heterocycles. The van der Waals surface area contributed by atoms with Crippen LogP contribution in [0.2, 0.25) is 5.02 Å². The Morgan fingerprint density at radius 3 is 2.44 bits per heavy atom. The highest BCUT2D eigenvalue weighted by Crippen LogP contribution is 2.23. The van der Waals surface area contributed by atoms with Crippen molar-refractivity contribution >= 4 is 17.5 Å². The number of amides is 1. The molecule has 0 bridgehead atoms. The smallest absolute Gasteiger partial charge is 0.278 e. The molecule has 0 spiro atoms. The van der Waals surface area contributed by atoms with Gasteiger partial charge in [0.15, 0.2) is 5.69 Å². The van der Waals surface area contributed by atoms with E-state index >= 15 is 0 Å². The second-order valence-corrected chi connectivity index (χ2v) is 8.07. The number of hydrogen-bond donors (Lipinski definition) is 0. The lowest BCUT2D eigenvalue weighted by Crippen LogP contribution is -2.50. The molecule has 2 aromatic carbocycles. The summed E-state index contributed by atoms with van der Waals surface area (Å²) in [5.41, 5.74) is 1.09. The number of halogens is 1. The van der Waals surface area contributed by atoms with E-state index in [1.54, 1.807) is 22.6 Å². The molecule has 1 aromatic heterocycles. The van der Waals surface area contributed by atoms with E-state index in [1.165, 1.54) is 6.07 Å². The van der Waals surface area contributed by atoms with Crippen LogP contribution in [0.4, 0.5) is 0 Å². The number of carbonyl (C=O) groups excluding carboxylic acids is 1. The molecule has 1 amide bonds. The van der Waals surface area contributed by atoms with E-state index in [2.05, 4.69) is 10.00 Å². The first-order valence-corrected chi connectivity index (χ1v) is 11.0. The van der Waals surface area contributed by atoms with Crippen molar-refractivity contribution < 1.29 is 9.53 Å². The largest absolute Gasteiger partial charge is 0.491 e. The number of benzene rings is 2. The molecule has 0 aliphatic carbocycles. The van der Waals surface area contributed by atoms with E-state index in [9.17, 15) is 9.59 Å². The average molecular weight is 453 g/mol. The fraction of sp³-hybridized carbons (Fsp3) is 0.292. The van der Waals surface area contributed by atoms with E-state index < -0.39 is 0 Å². The molecule has 0 atom stereocenters. The number of aromatic nitrogens is 2. The molecule has 1 aliphatic heterocycles. The molecule has 3 aromatic rings. The maximum Gasteiger partial charge on any atom is 0.278 e. The van der Waals surface area contributed by atoms with Crippen LogP contribution in [0, 0.1) is 6.92 Å². The van der Waals surface area contributed by atoms with Crippen LogP contribution >= 0.6 is 11.6 Å². The Labute approximate surface area is 191 Å². The average Bonchev–Trinajstić information content (AvgIpc) is 2.81. The van der Waals surface area contributed by atoms with Gasteiger partial charge in [0.25, 0.3) is 5.91 Å². The normalized spacial score (nSPS) is 14.4. The maximum atomic E-state index is 13.1. The van der Waals surface area contributed by atoms with Crippen LogP contribution in [0.1, 0.15) is 16.2 Å². The van der Waals surface area contributed by atoms with Crippen LogP contribution < -0.4 is 10.2 Å². The second kappa shape index (κ2) is 9.97. The Balaban J connectivity index is 1.36. The van der Waals surface area contributed by atoms with Crippen molar-refractivity contribution in [2.24, 2.45) is 0 Å². The zero-order valence-electron chi connectivity index (χ0n) is 17.9.